The van der Waals surface area contributed by atoms with Gasteiger partial charge in [0.2, 0.25) is 5.91 Å². The maximum atomic E-state index is 11.8. The summed E-state index contributed by atoms with van der Waals surface area (Å²) in [6.07, 6.45) is 1.76. The van der Waals surface area contributed by atoms with Crippen LogP contribution in [0.5, 0.6) is 0 Å². The molecule has 1 fully saturated rings. The summed E-state index contributed by atoms with van der Waals surface area (Å²) in [6.45, 7) is 7.92. The van der Waals surface area contributed by atoms with Gasteiger partial charge in [0, 0.05) is 38.9 Å². The predicted molar refractivity (Wildman–Crippen MR) is 80.6 cm³/mol. The van der Waals surface area contributed by atoms with Crippen LogP contribution in [0.25, 0.3) is 0 Å². The van der Waals surface area contributed by atoms with Crippen molar-refractivity contribution < 1.29 is 4.79 Å². The zero-order valence-electron chi connectivity index (χ0n) is 12.2. The van der Waals surface area contributed by atoms with Crippen molar-refractivity contribution in [2.75, 3.05) is 43.4 Å². The summed E-state index contributed by atoms with van der Waals surface area (Å²) >= 11 is 0. The minimum absolute atomic E-state index is 0.0850. The Morgan fingerprint density at radius 2 is 2.15 bits per heavy atom. The Hall–Kier alpha value is -1.82. The summed E-state index contributed by atoms with van der Waals surface area (Å²) in [4.78, 5) is 20.6. The van der Waals surface area contributed by atoms with Crippen LogP contribution < -0.4 is 16.0 Å². The number of nitrogens with two attached hydrogens (primary N) is 1. The van der Waals surface area contributed by atoms with Crippen LogP contribution in [0.2, 0.25) is 0 Å². The summed E-state index contributed by atoms with van der Waals surface area (Å²) in [5.41, 5.74) is 6.66. The molecule has 2 rings (SSSR count). The van der Waals surface area contributed by atoms with E-state index in [0.717, 1.165) is 32.0 Å². The van der Waals surface area contributed by atoms with Gasteiger partial charge in [-0.05, 0) is 26.0 Å². The van der Waals surface area contributed by atoms with E-state index in [1.54, 1.807) is 6.20 Å². The minimum atomic E-state index is -0.0850. The zero-order chi connectivity index (χ0) is 14.5. The van der Waals surface area contributed by atoms with E-state index in [1.807, 2.05) is 26.0 Å². The molecule has 0 aliphatic carbocycles. The van der Waals surface area contributed by atoms with Gasteiger partial charge in [-0.2, -0.15) is 0 Å². The van der Waals surface area contributed by atoms with E-state index in [4.69, 9.17) is 5.73 Å². The van der Waals surface area contributed by atoms with Gasteiger partial charge in [0.05, 0.1) is 11.7 Å². The number of rotatable bonds is 4. The van der Waals surface area contributed by atoms with E-state index in [-0.39, 0.29) is 11.9 Å². The molecule has 0 bridgehead atoms. The smallest absolute Gasteiger partial charge is 0.237 e. The van der Waals surface area contributed by atoms with Crippen molar-refractivity contribution in [2.45, 2.75) is 19.9 Å². The van der Waals surface area contributed by atoms with Crippen LogP contribution in [0.1, 0.15) is 13.8 Å². The molecule has 0 aromatic carbocycles. The van der Waals surface area contributed by atoms with Crippen molar-refractivity contribution in [3.8, 4) is 0 Å². The molecule has 1 amide bonds. The van der Waals surface area contributed by atoms with Crippen molar-refractivity contribution in [3.63, 3.8) is 0 Å². The zero-order valence-corrected chi connectivity index (χ0v) is 12.2. The number of nitrogen functional groups attached to an aromatic ring is 1. The molecule has 1 aromatic heterocycles. The van der Waals surface area contributed by atoms with E-state index in [1.165, 1.54) is 0 Å². The Bertz CT molecular complexity index is 457. The second kappa shape index (κ2) is 6.56. The molecule has 1 atom stereocenters. The van der Waals surface area contributed by atoms with Gasteiger partial charge in [-0.1, -0.05) is 0 Å². The highest BCUT2D eigenvalue weighted by molar-refractivity contribution is 5.81. The number of pyridine rings is 1. The molecule has 0 spiro atoms. The number of hydrogen-bond donors (Lipinski definition) is 2. The minimum Gasteiger partial charge on any atom is -0.396 e. The number of aromatic nitrogens is 1. The molecule has 20 heavy (non-hydrogen) atoms. The molecule has 1 aromatic rings. The molecule has 2 heterocycles. The molecule has 6 nitrogen and oxygen atoms in total. The third-order valence-electron chi connectivity index (χ3n) is 3.71. The summed E-state index contributed by atoms with van der Waals surface area (Å²) in [7, 11) is 0. The van der Waals surface area contributed by atoms with Crippen molar-refractivity contribution in [3.05, 3.63) is 18.3 Å². The van der Waals surface area contributed by atoms with Gasteiger partial charge in [0.25, 0.3) is 0 Å². The van der Waals surface area contributed by atoms with Gasteiger partial charge in [0.1, 0.15) is 0 Å². The van der Waals surface area contributed by atoms with Crippen LogP contribution in [-0.4, -0.2) is 54.6 Å². The van der Waals surface area contributed by atoms with Crippen LogP contribution in [0.3, 0.4) is 0 Å². The fourth-order valence-electron chi connectivity index (χ4n) is 2.48. The lowest BCUT2D eigenvalue weighted by Crippen LogP contribution is -2.54. The number of anilines is 2. The van der Waals surface area contributed by atoms with Crippen molar-refractivity contribution >= 4 is 17.4 Å². The topological polar surface area (TPSA) is 74.5 Å². The van der Waals surface area contributed by atoms with E-state index >= 15 is 0 Å². The Labute approximate surface area is 120 Å². The number of nitrogens with zero attached hydrogens (tertiary/aromatic N) is 3. The summed E-state index contributed by atoms with van der Waals surface area (Å²) in [5, 5.41) is 2.87. The first-order chi connectivity index (χ1) is 9.63. The summed E-state index contributed by atoms with van der Waals surface area (Å²) in [6, 6.07) is 3.62. The average molecular weight is 277 g/mol. The van der Waals surface area contributed by atoms with Crippen LogP contribution >= 0.6 is 0 Å². The van der Waals surface area contributed by atoms with Crippen molar-refractivity contribution in [2.24, 2.45) is 0 Å². The first-order valence-electron chi connectivity index (χ1n) is 7.10. The maximum absolute atomic E-state index is 11.8. The number of amides is 1. The standard InChI is InChI=1S/C14H23N5O/c1-3-16-14(20)11(2)18-7-9-19(10-8-18)13-12(15)5-4-6-17-13/h4-6,11H,3,7-10,15H2,1-2H3,(H,16,20). The largest absolute Gasteiger partial charge is 0.396 e. The van der Waals surface area contributed by atoms with Gasteiger partial charge in [-0.25, -0.2) is 4.98 Å². The number of piperazine rings is 1. The van der Waals surface area contributed by atoms with E-state index < -0.39 is 0 Å². The van der Waals surface area contributed by atoms with Gasteiger partial charge in [-0.3, -0.25) is 9.69 Å². The predicted octanol–water partition coefficient (Wildman–Crippen LogP) is 0.310. The Morgan fingerprint density at radius 3 is 2.75 bits per heavy atom. The second-order valence-corrected chi connectivity index (χ2v) is 5.01. The van der Waals surface area contributed by atoms with Gasteiger partial charge in [0.15, 0.2) is 5.82 Å². The molecule has 6 heteroatoms. The SMILES string of the molecule is CCNC(=O)C(C)N1CCN(c2ncccc2N)CC1. The molecule has 1 aliphatic rings. The van der Waals surface area contributed by atoms with Gasteiger partial charge < -0.3 is 16.0 Å². The quantitative estimate of drug-likeness (QED) is 0.828. The third kappa shape index (κ3) is 3.19. The fraction of sp³-hybridized carbons (Fsp3) is 0.571. The average Bonchev–Trinajstić information content (AvgIpc) is 2.47. The number of nitrogens with one attached hydrogen (secondary N) is 1. The van der Waals surface area contributed by atoms with Gasteiger partial charge in [-0.15, -0.1) is 0 Å². The monoisotopic (exact) mass is 277 g/mol. The van der Waals surface area contributed by atoms with Crippen molar-refractivity contribution in [1.82, 2.24) is 15.2 Å². The molecule has 1 saturated heterocycles. The fourth-order valence-corrected chi connectivity index (χ4v) is 2.48. The maximum Gasteiger partial charge on any atom is 0.237 e. The Morgan fingerprint density at radius 1 is 1.45 bits per heavy atom. The Balaban J connectivity index is 1.92. The number of hydrogen-bond acceptors (Lipinski definition) is 5. The van der Waals surface area contributed by atoms with E-state index in [0.29, 0.717) is 12.2 Å². The van der Waals surface area contributed by atoms with Crippen molar-refractivity contribution in [1.29, 1.82) is 0 Å². The highest BCUT2D eigenvalue weighted by Gasteiger charge is 2.26. The molecule has 0 saturated carbocycles. The molecular formula is C14H23N5O. The summed E-state index contributed by atoms with van der Waals surface area (Å²) in [5.74, 6) is 0.941. The molecule has 1 unspecified atom stereocenters. The van der Waals surface area contributed by atoms with Crippen LogP contribution in [0, 0.1) is 0 Å². The number of carbonyl (C=O) groups excluding carboxylic acids is 1. The molecular weight excluding hydrogens is 254 g/mol. The first-order valence-corrected chi connectivity index (χ1v) is 7.10. The van der Waals surface area contributed by atoms with Crippen LogP contribution in [-0.2, 0) is 4.79 Å². The Kier molecular flexibility index (Phi) is 4.79. The van der Waals surface area contributed by atoms with Crippen LogP contribution in [0.4, 0.5) is 11.5 Å². The highest BCUT2D eigenvalue weighted by atomic mass is 16.2. The first kappa shape index (κ1) is 14.6. The number of likely N-dealkylation sites (N-methyl/N-ethyl adjacent to an activating group) is 1. The lowest BCUT2D eigenvalue weighted by atomic mass is 10.2. The molecule has 0 radical (unpaired) electrons. The normalized spacial score (nSPS) is 17.8. The molecule has 3 N–H and O–H groups in total. The molecule has 1 aliphatic heterocycles. The number of carbonyl (C=O) groups is 1. The highest BCUT2D eigenvalue weighted by Crippen LogP contribution is 2.21. The molecule has 110 valence electrons. The van der Waals surface area contributed by atoms with E-state index in [9.17, 15) is 4.79 Å². The lowest BCUT2D eigenvalue weighted by Gasteiger charge is -2.38. The van der Waals surface area contributed by atoms with E-state index in [2.05, 4.69) is 20.1 Å². The second-order valence-electron chi connectivity index (χ2n) is 5.01. The van der Waals surface area contributed by atoms with Crippen LogP contribution in [0.15, 0.2) is 18.3 Å². The summed E-state index contributed by atoms with van der Waals surface area (Å²) < 4.78 is 0. The lowest BCUT2D eigenvalue weighted by molar-refractivity contribution is -0.125. The third-order valence-corrected chi connectivity index (χ3v) is 3.71. The van der Waals surface area contributed by atoms with Gasteiger partial charge >= 0.3 is 0 Å².